The van der Waals surface area contributed by atoms with Crippen molar-refractivity contribution in [1.29, 1.82) is 0 Å². The smallest absolute Gasteiger partial charge is 0.335 e. The minimum Gasteiger partial charge on any atom is -0.478 e. The molecule has 1 aliphatic rings. The summed E-state index contributed by atoms with van der Waals surface area (Å²) in [6.45, 7) is 5.85. The number of benzene rings is 2. The van der Waals surface area contributed by atoms with Crippen molar-refractivity contribution in [1.82, 2.24) is 9.55 Å². The number of nitrogens with one attached hydrogen (secondary N) is 1. The van der Waals surface area contributed by atoms with E-state index in [1.807, 2.05) is 30.5 Å². The van der Waals surface area contributed by atoms with Gasteiger partial charge in [-0.05, 0) is 60.8 Å². The first kappa shape index (κ1) is 23.7. The fraction of sp³-hybridized carbons (Fsp3) is 0.222. The van der Waals surface area contributed by atoms with Crippen molar-refractivity contribution >= 4 is 51.6 Å². The Morgan fingerprint density at radius 2 is 1.72 bits per heavy atom. The van der Waals surface area contributed by atoms with Gasteiger partial charge in [-0.25, -0.2) is 9.78 Å². The van der Waals surface area contributed by atoms with Crippen molar-refractivity contribution in [2.75, 3.05) is 41.3 Å². The van der Waals surface area contributed by atoms with Crippen molar-refractivity contribution in [3.8, 4) is 0 Å². The van der Waals surface area contributed by atoms with Crippen LogP contribution in [0.2, 0.25) is 5.02 Å². The van der Waals surface area contributed by atoms with Gasteiger partial charge >= 0.3 is 5.97 Å². The lowest BCUT2D eigenvalue weighted by Gasteiger charge is -2.37. The summed E-state index contributed by atoms with van der Waals surface area (Å²) in [5.74, 6) is -0.392. The van der Waals surface area contributed by atoms with Crippen molar-refractivity contribution in [3.63, 3.8) is 0 Å². The molecule has 2 aromatic heterocycles. The first-order chi connectivity index (χ1) is 17.4. The molecule has 0 spiro atoms. The highest BCUT2D eigenvalue weighted by Gasteiger charge is 2.21. The van der Waals surface area contributed by atoms with Crippen molar-refractivity contribution in [3.05, 3.63) is 83.1 Å². The molecule has 0 atom stereocenters. The summed E-state index contributed by atoms with van der Waals surface area (Å²) in [4.78, 5) is 32.8. The summed E-state index contributed by atoms with van der Waals surface area (Å²) < 4.78 is 2.14. The van der Waals surface area contributed by atoms with Gasteiger partial charge in [0.25, 0.3) is 5.91 Å². The second kappa shape index (κ2) is 9.91. The quantitative estimate of drug-likeness (QED) is 0.385. The highest BCUT2D eigenvalue weighted by molar-refractivity contribution is 6.33. The number of aromatic nitrogens is 2. The van der Waals surface area contributed by atoms with E-state index in [2.05, 4.69) is 37.7 Å². The number of aromatic carboxylic acids is 1. The molecule has 3 heterocycles. The summed E-state index contributed by atoms with van der Waals surface area (Å²) in [5.41, 5.74) is 3.32. The van der Waals surface area contributed by atoms with Gasteiger partial charge in [-0.1, -0.05) is 17.7 Å². The van der Waals surface area contributed by atoms with Crippen molar-refractivity contribution < 1.29 is 14.7 Å². The van der Waals surface area contributed by atoms with Gasteiger partial charge in [-0.3, -0.25) is 4.79 Å². The maximum absolute atomic E-state index is 12.8. The number of piperazine rings is 1. The number of rotatable bonds is 6. The Kier molecular flexibility index (Phi) is 6.52. The molecule has 1 fully saturated rings. The Hall–Kier alpha value is -4.04. The van der Waals surface area contributed by atoms with E-state index < -0.39 is 5.97 Å². The molecule has 0 aliphatic carbocycles. The first-order valence-corrected chi connectivity index (χ1v) is 12.2. The fourth-order valence-corrected chi connectivity index (χ4v) is 4.82. The van der Waals surface area contributed by atoms with Gasteiger partial charge in [0.05, 0.1) is 27.4 Å². The Labute approximate surface area is 213 Å². The molecule has 1 amide bonds. The molecule has 5 rings (SSSR count). The van der Waals surface area contributed by atoms with Gasteiger partial charge in [-0.2, -0.15) is 0 Å². The molecule has 0 unspecified atom stereocenters. The predicted molar refractivity (Wildman–Crippen MR) is 143 cm³/mol. The van der Waals surface area contributed by atoms with Crippen LogP contribution in [0.4, 0.5) is 17.2 Å². The average Bonchev–Trinajstić information content (AvgIpc) is 3.31. The summed E-state index contributed by atoms with van der Waals surface area (Å²) >= 11 is 6.33. The number of pyridine rings is 1. The second-order valence-electron chi connectivity index (χ2n) is 8.68. The van der Waals surface area contributed by atoms with E-state index in [1.54, 1.807) is 24.4 Å². The Balaban J connectivity index is 1.21. The normalized spacial score (nSPS) is 13.7. The molecular weight excluding hydrogens is 478 g/mol. The summed E-state index contributed by atoms with van der Waals surface area (Å²) in [7, 11) is 0. The number of carbonyl (C=O) groups excluding carboxylic acids is 1. The Bertz CT molecular complexity index is 1430. The summed E-state index contributed by atoms with van der Waals surface area (Å²) in [6, 6.07) is 16.4. The number of hydrogen-bond acceptors (Lipinski definition) is 5. The third-order valence-corrected chi connectivity index (χ3v) is 6.82. The molecule has 8 nitrogen and oxygen atoms in total. The topological polar surface area (TPSA) is 90.7 Å². The fourth-order valence-electron chi connectivity index (χ4n) is 4.52. The molecule has 4 aromatic rings. The van der Waals surface area contributed by atoms with E-state index in [0.29, 0.717) is 10.6 Å². The average molecular weight is 504 g/mol. The van der Waals surface area contributed by atoms with Gasteiger partial charge < -0.3 is 24.8 Å². The SMILES string of the molecule is CCn1ccc2ccc(NC(=O)c3ccc(N4CCN(c5ccc(C(=O)O)cc5Cl)CC4)nc3)cc21. The van der Waals surface area contributed by atoms with E-state index in [4.69, 9.17) is 16.7 Å². The largest absolute Gasteiger partial charge is 0.478 e. The van der Waals surface area contributed by atoms with Gasteiger partial charge in [0, 0.05) is 50.8 Å². The zero-order valence-corrected chi connectivity index (χ0v) is 20.6. The molecule has 1 saturated heterocycles. The van der Waals surface area contributed by atoms with Gasteiger partial charge in [-0.15, -0.1) is 0 Å². The molecule has 9 heteroatoms. The molecular formula is C27H26ClN5O3. The van der Waals surface area contributed by atoms with Crippen molar-refractivity contribution in [2.45, 2.75) is 13.5 Å². The number of hydrogen-bond donors (Lipinski definition) is 2. The third-order valence-electron chi connectivity index (χ3n) is 6.52. The maximum atomic E-state index is 12.8. The standard InChI is InChI=1S/C27H26ClN5O3/c1-2-31-10-9-18-3-6-21(16-24(18)31)30-26(34)20-5-8-25(29-17-20)33-13-11-32(12-14-33)23-7-4-19(27(35)36)15-22(23)28/h3-10,15-17H,2,11-14H2,1H3,(H,30,34)(H,35,36). The summed E-state index contributed by atoms with van der Waals surface area (Å²) in [5, 5.41) is 13.7. The minimum atomic E-state index is -0.996. The minimum absolute atomic E-state index is 0.173. The highest BCUT2D eigenvalue weighted by atomic mass is 35.5. The molecule has 0 saturated carbocycles. The Morgan fingerprint density at radius 3 is 2.39 bits per heavy atom. The van der Waals surface area contributed by atoms with Crippen LogP contribution in [-0.2, 0) is 6.54 Å². The van der Waals surface area contributed by atoms with Crippen LogP contribution in [0.3, 0.4) is 0 Å². The van der Waals surface area contributed by atoms with Crippen LogP contribution in [0, 0.1) is 0 Å². The van der Waals surface area contributed by atoms with E-state index in [1.165, 1.54) is 6.07 Å². The van der Waals surface area contributed by atoms with Crippen LogP contribution in [0.1, 0.15) is 27.6 Å². The number of aryl methyl sites for hydroxylation is 1. The van der Waals surface area contributed by atoms with Gasteiger partial charge in [0.1, 0.15) is 5.82 Å². The molecule has 0 radical (unpaired) electrons. The van der Waals surface area contributed by atoms with Crippen LogP contribution in [0.15, 0.2) is 67.0 Å². The van der Waals surface area contributed by atoms with Gasteiger partial charge in [0.15, 0.2) is 0 Å². The number of carboxylic acid groups (broad SMARTS) is 1. The van der Waals surface area contributed by atoms with Crippen LogP contribution in [0.5, 0.6) is 0 Å². The molecule has 36 heavy (non-hydrogen) atoms. The highest BCUT2D eigenvalue weighted by Crippen LogP contribution is 2.29. The van der Waals surface area contributed by atoms with Crippen LogP contribution in [-0.4, -0.2) is 52.7 Å². The van der Waals surface area contributed by atoms with Crippen LogP contribution < -0.4 is 15.1 Å². The Morgan fingerprint density at radius 1 is 0.972 bits per heavy atom. The van der Waals surface area contributed by atoms with Crippen LogP contribution in [0.25, 0.3) is 10.9 Å². The van der Waals surface area contributed by atoms with E-state index in [9.17, 15) is 9.59 Å². The molecule has 184 valence electrons. The second-order valence-corrected chi connectivity index (χ2v) is 9.09. The number of halogens is 1. The van der Waals surface area contributed by atoms with Gasteiger partial charge in [0.2, 0.25) is 0 Å². The lowest BCUT2D eigenvalue weighted by molar-refractivity contribution is 0.0696. The molecule has 2 N–H and O–H groups in total. The summed E-state index contributed by atoms with van der Waals surface area (Å²) in [6.07, 6.45) is 3.65. The number of nitrogens with zero attached hydrogens (tertiary/aromatic N) is 4. The lowest BCUT2D eigenvalue weighted by atomic mass is 10.1. The number of carbonyl (C=O) groups is 2. The number of anilines is 3. The van der Waals surface area contributed by atoms with E-state index in [-0.39, 0.29) is 11.5 Å². The van der Waals surface area contributed by atoms with Crippen molar-refractivity contribution in [2.24, 2.45) is 0 Å². The number of amides is 1. The van der Waals surface area contributed by atoms with Crippen LogP contribution >= 0.6 is 11.6 Å². The zero-order chi connectivity index (χ0) is 25.2. The predicted octanol–water partition coefficient (Wildman–Crippen LogP) is 4.99. The monoisotopic (exact) mass is 503 g/mol. The first-order valence-electron chi connectivity index (χ1n) is 11.8. The number of fused-ring (bicyclic) bond motifs is 1. The third kappa shape index (κ3) is 4.72. The molecule has 2 aromatic carbocycles. The molecule has 0 bridgehead atoms. The van der Waals surface area contributed by atoms with E-state index in [0.717, 1.165) is 60.8 Å². The molecule has 1 aliphatic heterocycles. The number of carboxylic acids is 1. The van der Waals surface area contributed by atoms with E-state index >= 15 is 0 Å². The lowest BCUT2D eigenvalue weighted by Crippen LogP contribution is -2.47. The zero-order valence-electron chi connectivity index (χ0n) is 19.8. The maximum Gasteiger partial charge on any atom is 0.335 e.